The summed E-state index contributed by atoms with van der Waals surface area (Å²) in [5.41, 5.74) is 1.54. The Morgan fingerprint density at radius 1 is 1.33 bits per heavy atom. The first kappa shape index (κ1) is 18.0. The number of hydrogen-bond donors (Lipinski definition) is 0. The molecule has 0 radical (unpaired) electrons. The lowest BCUT2D eigenvalue weighted by atomic mass is 10.2. The van der Waals surface area contributed by atoms with E-state index in [1.54, 1.807) is 19.1 Å². The smallest absolute Gasteiger partial charge is 0.354 e. The second-order valence-electron chi connectivity index (χ2n) is 5.47. The van der Waals surface area contributed by atoms with Gasteiger partial charge < -0.3 is 14.0 Å². The molecule has 0 spiro atoms. The molecule has 0 aliphatic carbocycles. The molecule has 130 valence electrons. The maximum absolute atomic E-state index is 13.1. The highest BCUT2D eigenvalue weighted by Gasteiger charge is 2.19. The van der Waals surface area contributed by atoms with E-state index in [0.717, 1.165) is 12.1 Å². The molecular weight excluding hydrogens is 311 g/mol. The van der Waals surface area contributed by atoms with Gasteiger partial charge in [0.25, 0.3) is 0 Å². The number of pyridine rings is 1. The summed E-state index contributed by atoms with van der Waals surface area (Å²) < 4.78 is 25.7. The number of esters is 1. The second kappa shape index (κ2) is 8.47. The molecular formula is C18H23FN2O3. The fourth-order valence-electron chi connectivity index (χ4n) is 2.52. The van der Waals surface area contributed by atoms with Crippen LogP contribution in [0, 0.1) is 5.95 Å². The summed E-state index contributed by atoms with van der Waals surface area (Å²) in [5, 5.41) is 0. The number of ether oxygens (including phenoxy) is 2. The fraction of sp³-hybridized carbons (Fsp3) is 0.444. The van der Waals surface area contributed by atoms with Crippen molar-refractivity contribution < 1.29 is 18.7 Å². The van der Waals surface area contributed by atoms with Crippen LogP contribution in [-0.2, 0) is 11.2 Å². The van der Waals surface area contributed by atoms with Crippen LogP contribution in [0.1, 0.15) is 49.4 Å². The highest BCUT2D eigenvalue weighted by molar-refractivity contribution is 5.88. The van der Waals surface area contributed by atoms with E-state index in [0.29, 0.717) is 31.1 Å². The monoisotopic (exact) mass is 334 g/mol. The Bertz CT molecular complexity index is 685. The first-order chi connectivity index (χ1) is 11.6. The fourth-order valence-corrected chi connectivity index (χ4v) is 2.52. The maximum atomic E-state index is 13.1. The zero-order valence-corrected chi connectivity index (χ0v) is 14.3. The van der Waals surface area contributed by atoms with Gasteiger partial charge in [-0.1, -0.05) is 6.92 Å². The van der Waals surface area contributed by atoms with Crippen LogP contribution in [0.2, 0.25) is 0 Å². The molecule has 1 atom stereocenters. The van der Waals surface area contributed by atoms with Gasteiger partial charge in [-0.2, -0.15) is 4.39 Å². The Kier molecular flexibility index (Phi) is 6.35. The molecule has 0 fully saturated rings. The standard InChI is InChI=1S/C18H23FN2O3/c1-4-13(3)21-14(6-7-16(21)18(22)23-5-2)9-11-24-15-8-10-20-17(19)12-15/h6-8,10,12-13H,4-5,9,11H2,1-3H3/t13-/m0/s1. The SMILES string of the molecule is CCOC(=O)c1ccc(CCOc2ccnc(F)c2)n1[C@@H](C)CC. The van der Waals surface area contributed by atoms with Gasteiger partial charge in [-0.25, -0.2) is 9.78 Å². The van der Waals surface area contributed by atoms with Crippen molar-refractivity contribution in [3.8, 4) is 5.75 Å². The van der Waals surface area contributed by atoms with Crippen molar-refractivity contribution in [3.05, 3.63) is 47.8 Å². The number of carbonyl (C=O) groups excluding carboxylic acids is 1. The van der Waals surface area contributed by atoms with E-state index < -0.39 is 5.95 Å². The Morgan fingerprint density at radius 3 is 2.79 bits per heavy atom. The third kappa shape index (κ3) is 4.34. The minimum absolute atomic E-state index is 0.174. The first-order valence-corrected chi connectivity index (χ1v) is 8.18. The largest absolute Gasteiger partial charge is 0.493 e. The Balaban J connectivity index is 2.10. The number of hydrogen-bond acceptors (Lipinski definition) is 4. The van der Waals surface area contributed by atoms with Gasteiger partial charge >= 0.3 is 5.97 Å². The van der Waals surface area contributed by atoms with E-state index in [-0.39, 0.29) is 12.0 Å². The molecule has 5 nitrogen and oxygen atoms in total. The summed E-state index contributed by atoms with van der Waals surface area (Å²) in [7, 11) is 0. The molecule has 2 rings (SSSR count). The third-order valence-corrected chi connectivity index (χ3v) is 3.84. The average molecular weight is 334 g/mol. The van der Waals surface area contributed by atoms with Crippen LogP contribution in [0.5, 0.6) is 5.75 Å². The summed E-state index contributed by atoms with van der Waals surface area (Å²) in [4.78, 5) is 15.6. The Hall–Kier alpha value is -2.37. The summed E-state index contributed by atoms with van der Waals surface area (Å²) in [6, 6.07) is 6.73. The van der Waals surface area contributed by atoms with Crippen molar-refractivity contribution in [3.63, 3.8) is 0 Å². The molecule has 0 saturated carbocycles. The molecule has 2 aromatic heterocycles. The van der Waals surface area contributed by atoms with Gasteiger partial charge in [0.1, 0.15) is 11.4 Å². The van der Waals surface area contributed by atoms with Gasteiger partial charge in [0.05, 0.1) is 13.2 Å². The van der Waals surface area contributed by atoms with Crippen LogP contribution in [0.4, 0.5) is 4.39 Å². The molecule has 0 amide bonds. The van der Waals surface area contributed by atoms with Crippen molar-refractivity contribution in [1.29, 1.82) is 0 Å². The highest BCUT2D eigenvalue weighted by Crippen LogP contribution is 2.21. The molecule has 0 saturated heterocycles. The molecule has 2 heterocycles. The van der Waals surface area contributed by atoms with Crippen LogP contribution >= 0.6 is 0 Å². The van der Waals surface area contributed by atoms with Crippen LogP contribution in [-0.4, -0.2) is 28.7 Å². The molecule has 0 aromatic carbocycles. The normalized spacial score (nSPS) is 12.0. The number of nitrogens with zero attached hydrogens (tertiary/aromatic N) is 2. The lowest BCUT2D eigenvalue weighted by Crippen LogP contribution is -2.18. The van der Waals surface area contributed by atoms with Crippen LogP contribution in [0.15, 0.2) is 30.5 Å². The van der Waals surface area contributed by atoms with E-state index in [9.17, 15) is 9.18 Å². The van der Waals surface area contributed by atoms with E-state index in [4.69, 9.17) is 9.47 Å². The molecule has 24 heavy (non-hydrogen) atoms. The lowest BCUT2D eigenvalue weighted by molar-refractivity contribution is 0.0511. The molecule has 2 aromatic rings. The van der Waals surface area contributed by atoms with Crippen molar-refractivity contribution in [2.45, 2.75) is 39.7 Å². The van der Waals surface area contributed by atoms with Crippen molar-refractivity contribution in [2.24, 2.45) is 0 Å². The Labute approximate surface area is 141 Å². The Morgan fingerprint density at radius 2 is 2.12 bits per heavy atom. The summed E-state index contributed by atoms with van der Waals surface area (Å²) >= 11 is 0. The summed E-state index contributed by atoms with van der Waals surface area (Å²) in [5.74, 6) is -0.448. The third-order valence-electron chi connectivity index (χ3n) is 3.84. The van der Waals surface area contributed by atoms with Gasteiger partial charge in [-0.15, -0.1) is 0 Å². The van der Waals surface area contributed by atoms with Gasteiger partial charge in [0, 0.05) is 30.4 Å². The minimum atomic E-state index is -0.569. The number of aromatic nitrogens is 2. The molecule has 0 N–H and O–H groups in total. The predicted molar refractivity (Wildman–Crippen MR) is 88.8 cm³/mol. The molecule has 6 heteroatoms. The lowest BCUT2D eigenvalue weighted by Gasteiger charge is -2.19. The van der Waals surface area contributed by atoms with Gasteiger partial charge in [-0.3, -0.25) is 0 Å². The maximum Gasteiger partial charge on any atom is 0.354 e. The zero-order valence-electron chi connectivity index (χ0n) is 14.3. The average Bonchev–Trinajstić information content (AvgIpc) is 2.98. The second-order valence-corrected chi connectivity index (χ2v) is 5.47. The van der Waals surface area contributed by atoms with Crippen LogP contribution in [0.25, 0.3) is 0 Å². The summed E-state index contributed by atoms with van der Waals surface area (Å²) in [6.07, 6.45) is 2.86. The van der Waals surface area contributed by atoms with Gasteiger partial charge in [-0.05, 0) is 38.5 Å². The topological polar surface area (TPSA) is 53.4 Å². The quantitative estimate of drug-likeness (QED) is 0.544. The first-order valence-electron chi connectivity index (χ1n) is 8.18. The molecule has 0 aliphatic heterocycles. The minimum Gasteiger partial charge on any atom is -0.493 e. The number of carbonyl (C=O) groups is 1. The van der Waals surface area contributed by atoms with Crippen LogP contribution < -0.4 is 4.74 Å². The highest BCUT2D eigenvalue weighted by atomic mass is 19.1. The molecule has 0 aliphatic rings. The van der Waals surface area contributed by atoms with Gasteiger partial charge in [0.2, 0.25) is 5.95 Å². The van der Waals surface area contributed by atoms with E-state index in [2.05, 4.69) is 18.8 Å². The van der Waals surface area contributed by atoms with Crippen molar-refractivity contribution in [1.82, 2.24) is 9.55 Å². The summed E-state index contributed by atoms with van der Waals surface area (Å²) in [6.45, 7) is 6.64. The molecule has 0 unspecified atom stereocenters. The zero-order chi connectivity index (χ0) is 17.5. The van der Waals surface area contributed by atoms with E-state index in [1.807, 2.05) is 10.6 Å². The molecule has 0 bridgehead atoms. The van der Waals surface area contributed by atoms with E-state index in [1.165, 1.54) is 12.3 Å². The van der Waals surface area contributed by atoms with Crippen LogP contribution in [0.3, 0.4) is 0 Å². The predicted octanol–water partition coefficient (Wildman–Crippen LogP) is 3.79. The van der Waals surface area contributed by atoms with E-state index >= 15 is 0 Å². The van der Waals surface area contributed by atoms with Gasteiger partial charge in [0.15, 0.2) is 0 Å². The van der Waals surface area contributed by atoms with Crippen molar-refractivity contribution in [2.75, 3.05) is 13.2 Å². The number of rotatable bonds is 8. The van der Waals surface area contributed by atoms with Crippen molar-refractivity contribution >= 4 is 5.97 Å². The number of halogens is 1.